The SMILES string of the molecule is O=C(NCC1CCC(n2cc3ccc(-c4cncs4)cc3n2)CC1)c1cc(F)c(O)c(F)c1. The van der Waals surface area contributed by atoms with Crippen LogP contribution in [0.2, 0.25) is 0 Å². The van der Waals surface area contributed by atoms with Crippen LogP contribution in [0, 0.1) is 17.6 Å². The Labute approximate surface area is 192 Å². The van der Waals surface area contributed by atoms with Crippen molar-refractivity contribution in [2.75, 3.05) is 6.54 Å². The van der Waals surface area contributed by atoms with Gasteiger partial charge in [-0.1, -0.05) is 12.1 Å². The van der Waals surface area contributed by atoms with Crippen LogP contribution >= 0.6 is 11.3 Å². The van der Waals surface area contributed by atoms with E-state index >= 15 is 0 Å². The molecule has 2 aromatic carbocycles. The largest absolute Gasteiger partial charge is 0.503 e. The van der Waals surface area contributed by atoms with Crippen molar-refractivity contribution in [3.8, 4) is 16.2 Å². The molecule has 0 radical (unpaired) electrons. The van der Waals surface area contributed by atoms with E-state index in [1.807, 2.05) is 11.7 Å². The molecule has 2 N–H and O–H groups in total. The third kappa shape index (κ3) is 4.45. The number of halogens is 2. The van der Waals surface area contributed by atoms with Gasteiger partial charge in [0.1, 0.15) is 0 Å². The molecule has 9 heteroatoms. The van der Waals surface area contributed by atoms with Crippen molar-refractivity contribution >= 4 is 28.1 Å². The molecule has 5 rings (SSSR count). The molecule has 2 heterocycles. The molecule has 6 nitrogen and oxygen atoms in total. The molecule has 4 aromatic rings. The molecule has 1 amide bonds. The van der Waals surface area contributed by atoms with Crippen LogP contribution in [0.5, 0.6) is 5.75 Å². The summed E-state index contributed by atoms with van der Waals surface area (Å²) in [6, 6.07) is 8.25. The number of carbonyl (C=O) groups excluding carboxylic acids is 1. The van der Waals surface area contributed by atoms with E-state index in [0.29, 0.717) is 18.5 Å². The van der Waals surface area contributed by atoms with Gasteiger partial charge in [0.2, 0.25) is 0 Å². The molecule has 1 fully saturated rings. The summed E-state index contributed by atoms with van der Waals surface area (Å²) in [5, 5.41) is 17.8. The average molecular weight is 469 g/mol. The van der Waals surface area contributed by atoms with Gasteiger partial charge in [0.15, 0.2) is 17.4 Å². The number of nitrogens with zero attached hydrogens (tertiary/aromatic N) is 3. The number of rotatable bonds is 5. The molecule has 0 atom stereocenters. The lowest BCUT2D eigenvalue weighted by atomic mass is 9.86. The number of phenolic OH excluding ortho intramolecular Hbond substituents is 1. The van der Waals surface area contributed by atoms with Crippen LogP contribution < -0.4 is 5.32 Å². The van der Waals surface area contributed by atoms with Crippen LogP contribution in [0.4, 0.5) is 8.78 Å². The summed E-state index contributed by atoms with van der Waals surface area (Å²) in [5.41, 5.74) is 3.75. The third-order valence-electron chi connectivity index (χ3n) is 6.26. The summed E-state index contributed by atoms with van der Waals surface area (Å²) < 4.78 is 29.0. The van der Waals surface area contributed by atoms with E-state index in [1.165, 1.54) is 0 Å². The number of nitrogens with one attached hydrogen (secondary N) is 1. The molecule has 0 bridgehead atoms. The van der Waals surface area contributed by atoms with Gasteiger partial charge in [-0.15, -0.1) is 11.3 Å². The Morgan fingerprint density at radius 2 is 1.91 bits per heavy atom. The molecule has 0 aliphatic heterocycles. The molecule has 1 aliphatic rings. The first-order chi connectivity index (χ1) is 16.0. The maximum absolute atomic E-state index is 13.5. The van der Waals surface area contributed by atoms with Gasteiger partial charge in [0, 0.05) is 29.9 Å². The minimum absolute atomic E-state index is 0.141. The van der Waals surface area contributed by atoms with Crippen molar-refractivity contribution in [1.29, 1.82) is 0 Å². The molecule has 170 valence electrons. The van der Waals surface area contributed by atoms with Crippen molar-refractivity contribution in [1.82, 2.24) is 20.1 Å². The van der Waals surface area contributed by atoms with Gasteiger partial charge in [-0.2, -0.15) is 5.10 Å². The van der Waals surface area contributed by atoms with Crippen LogP contribution in [0.25, 0.3) is 21.3 Å². The lowest BCUT2D eigenvalue weighted by Crippen LogP contribution is -2.31. The molecule has 0 saturated heterocycles. The van der Waals surface area contributed by atoms with Gasteiger partial charge in [-0.25, -0.2) is 8.78 Å². The topological polar surface area (TPSA) is 80.0 Å². The molecule has 0 spiro atoms. The Hall–Kier alpha value is -3.33. The predicted molar refractivity (Wildman–Crippen MR) is 122 cm³/mol. The zero-order valence-electron chi connectivity index (χ0n) is 17.7. The zero-order chi connectivity index (χ0) is 22.9. The van der Waals surface area contributed by atoms with Crippen LogP contribution in [0.3, 0.4) is 0 Å². The maximum Gasteiger partial charge on any atom is 0.251 e. The smallest absolute Gasteiger partial charge is 0.251 e. The minimum atomic E-state index is -1.15. The monoisotopic (exact) mass is 468 g/mol. The molecule has 1 aliphatic carbocycles. The molecular weight excluding hydrogens is 446 g/mol. The predicted octanol–water partition coefficient (Wildman–Crippen LogP) is 5.30. The van der Waals surface area contributed by atoms with Gasteiger partial charge in [-0.3, -0.25) is 14.5 Å². The first-order valence-corrected chi connectivity index (χ1v) is 11.7. The highest BCUT2D eigenvalue weighted by atomic mass is 32.1. The summed E-state index contributed by atoms with van der Waals surface area (Å²) >= 11 is 1.60. The molecule has 1 saturated carbocycles. The highest BCUT2D eigenvalue weighted by Gasteiger charge is 2.24. The lowest BCUT2D eigenvalue weighted by Gasteiger charge is -2.28. The number of amides is 1. The molecule has 2 aromatic heterocycles. The van der Waals surface area contributed by atoms with E-state index < -0.39 is 23.3 Å². The Bertz CT molecular complexity index is 1270. The number of carbonyl (C=O) groups is 1. The van der Waals surface area contributed by atoms with Gasteiger partial charge in [-0.05, 0) is 55.4 Å². The lowest BCUT2D eigenvalue weighted by molar-refractivity contribution is 0.0940. The standard InChI is InChI=1S/C24H22F2N4O2S/c25-19-7-17(8-20(26)23(19)31)24(32)28-10-14-1-5-18(6-2-14)30-12-16-4-3-15(9-21(16)29-30)22-11-27-13-33-22/h3-4,7-9,11-14,18,31H,1-2,5-6,10H2,(H,28,32). The van der Waals surface area contributed by atoms with Crippen LogP contribution in [0.15, 0.2) is 48.2 Å². The first kappa shape index (κ1) is 21.5. The van der Waals surface area contributed by atoms with Crippen molar-refractivity contribution in [3.63, 3.8) is 0 Å². The fraction of sp³-hybridized carbons (Fsp3) is 0.292. The number of aromatic nitrogens is 3. The summed E-state index contributed by atoms with van der Waals surface area (Å²) in [5.74, 6) is -3.63. The summed E-state index contributed by atoms with van der Waals surface area (Å²) in [7, 11) is 0. The van der Waals surface area contributed by atoms with E-state index in [-0.39, 0.29) is 5.56 Å². The molecular formula is C24H22F2N4O2S. The number of aromatic hydroxyl groups is 1. The fourth-order valence-corrected chi connectivity index (χ4v) is 5.00. The van der Waals surface area contributed by atoms with Crippen molar-refractivity contribution < 1.29 is 18.7 Å². The van der Waals surface area contributed by atoms with Gasteiger partial charge < -0.3 is 10.4 Å². The number of fused-ring (bicyclic) bond motifs is 1. The number of hydrogen-bond donors (Lipinski definition) is 2. The van der Waals surface area contributed by atoms with E-state index in [2.05, 4.69) is 39.4 Å². The number of thiazole rings is 1. The van der Waals surface area contributed by atoms with Crippen molar-refractivity contribution in [2.45, 2.75) is 31.7 Å². The minimum Gasteiger partial charge on any atom is -0.503 e. The van der Waals surface area contributed by atoms with Crippen molar-refractivity contribution in [2.24, 2.45) is 5.92 Å². The second-order valence-corrected chi connectivity index (χ2v) is 9.31. The number of hydrogen-bond acceptors (Lipinski definition) is 5. The Morgan fingerprint density at radius 3 is 2.61 bits per heavy atom. The summed E-state index contributed by atoms with van der Waals surface area (Å²) in [6.07, 6.45) is 7.68. The van der Waals surface area contributed by atoms with E-state index in [0.717, 1.165) is 59.2 Å². The Morgan fingerprint density at radius 1 is 1.15 bits per heavy atom. The van der Waals surface area contributed by atoms with E-state index in [4.69, 9.17) is 5.10 Å². The molecule has 0 unspecified atom stereocenters. The van der Waals surface area contributed by atoms with Crippen LogP contribution in [-0.4, -0.2) is 32.3 Å². The van der Waals surface area contributed by atoms with E-state index in [9.17, 15) is 18.7 Å². The quantitative estimate of drug-likeness (QED) is 0.416. The van der Waals surface area contributed by atoms with Crippen LogP contribution in [0.1, 0.15) is 42.1 Å². The van der Waals surface area contributed by atoms with Gasteiger partial charge in [0.25, 0.3) is 5.91 Å². The van der Waals surface area contributed by atoms with E-state index in [1.54, 1.807) is 11.3 Å². The third-order valence-corrected chi connectivity index (χ3v) is 7.08. The van der Waals surface area contributed by atoms with Gasteiger partial charge in [0.05, 0.1) is 21.9 Å². The van der Waals surface area contributed by atoms with Crippen molar-refractivity contribution in [3.05, 3.63) is 65.4 Å². The molecule has 33 heavy (non-hydrogen) atoms. The highest BCUT2D eigenvalue weighted by molar-refractivity contribution is 7.13. The second kappa shape index (κ2) is 8.90. The zero-order valence-corrected chi connectivity index (χ0v) is 18.5. The average Bonchev–Trinajstić information content (AvgIpc) is 3.50. The first-order valence-electron chi connectivity index (χ1n) is 10.8. The van der Waals surface area contributed by atoms with Gasteiger partial charge >= 0.3 is 0 Å². The Kier molecular flexibility index (Phi) is 5.80. The maximum atomic E-state index is 13.5. The van der Waals surface area contributed by atoms with Crippen LogP contribution in [-0.2, 0) is 0 Å². The Balaban J connectivity index is 1.18. The highest BCUT2D eigenvalue weighted by Crippen LogP contribution is 2.33. The summed E-state index contributed by atoms with van der Waals surface area (Å²) in [6.45, 7) is 0.439. The second-order valence-electron chi connectivity index (χ2n) is 8.42. The number of phenols is 1. The number of benzene rings is 2. The summed E-state index contributed by atoms with van der Waals surface area (Å²) in [4.78, 5) is 17.5. The fourth-order valence-electron chi connectivity index (χ4n) is 4.38. The normalized spacial score (nSPS) is 18.5.